The van der Waals surface area contributed by atoms with E-state index in [0.29, 0.717) is 10.8 Å². The van der Waals surface area contributed by atoms with Crippen LogP contribution in [0.4, 0.5) is 5.13 Å². The molecule has 120 valence electrons. The molecule has 0 unspecified atom stereocenters. The molecule has 8 heteroatoms. The van der Waals surface area contributed by atoms with Crippen molar-refractivity contribution in [2.24, 2.45) is 0 Å². The first kappa shape index (κ1) is 15.8. The fourth-order valence-electron chi connectivity index (χ4n) is 2.27. The van der Waals surface area contributed by atoms with E-state index in [-0.39, 0.29) is 11.9 Å². The zero-order valence-electron chi connectivity index (χ0n) is 12.6. The van der Waals surface area contributed by atoms with Crippen LogP contribution in [-0.2, 0) is 0 Å². The number of aromatic amines is 1. The molecule has 23 heavy (non-hydrogen) atoms. The number of nitrogens with zero attached hydrogens (tertiary/aromatic N) is 2. The molecular weight excluding hydrogens is 330 g/mol. The van der Waals surface area contributed by atoms with Crippen molar-refractivity contribution in [1.29, 1.82) is 0 Å². The molecule has 0 aliphatic heterocycles. The summed E-state index contributed by atoms with van der Waals surface area (Å²) in [5, 5.41) is 5.05. The number of fused-ring (bicyclic) bond motifs is 1. The van der Waals surface area contributed by atoms with E-state index in [2.05, 4.69) is 20.3 Å². The summed E-state index contributed by atoms with van der Waals surface area (Å²) in [5.74, 6) is 1.45. The number of nitrogens with one attached hydrogen (secondary N) is 2. The number of amides is 1. The van der Waals surface area contributed by atoms with E-state index in [0.717, 1.165) is 29.0 Å². The lowest BCUT2D eigenvalue weighted by atomic mass is 10.2. The van der Waals surface area contributed by atoms with Crippen LogP contribution in [0.2, 0.25) is 0 Å². The molecule has 2 aromatic heterocycles. The number of hydrogen-bond donors (Lipinski definition) is 3. The van der Waals surface area contributed by atoms with Crippen LogP contribution in [0.15, 0.2) is 29.6 Å². The Kier molecular flexibility index (Phi) is 4.82. The third kappa shape index (κ3) is 3.65. The van der Waals surface area contributed by atoms with Crippen LogP contribution in [-0.4, -0.2) is 32.9 Å². The molecule has 0 saturated heterocycles. The first-order chi connectivity index (χ1) is 11.2. The second-order valence-corrected chi connectivity index (χ2v) is 6.89. The molecule has 1 amide bonds. The van der Waals surface area contributed by atoms with Gasteiger partial charge in [-0.15, -0.1) is 11.3 Å². The van der Waals surface area contributed by atoms with E-state index in [4.69, 9.17) is 5.73 Å². The largest absolute Gasteiger partial charge is 0.375 e. The molecule has 0 radical (unpaired) electrons. The van der Waals surface area contributed by atoms with Gasteiger partial charge in [-0.25, -0.2) is 9.97 Å². The lowest BCUT2D eigenvalue weighted by molar-refractivity contribution is 0.0930. The molecular formula is C15H17N5OS2. The second kappa shape index (κ2) is 7.01. The van der Waals surface area contributed by atoms with Gasteiger partial charge in [-0.2, -0.15) is 11.8 Å². The Morgan fingerprint density at radius 2 is 2.26 bits per heavy atom. The fourth-order valence-corrected chi connectivity index (χ4v) is 3.29. The van der Waals surface area contributed by atoms with E-state index in [1.807, 2.05) is 30.5 Å². The lowest BCUT2D eigenvalue weighted by Crippen LogP contribution is -2.30. The van der Waals surface area contributed by atoms with Crippen LogP contribution in [0.5, 0.6) is 0 Å². The highest BCUT2D eigenvalue weighted by Crippen LogP contribution is 2.21. The SMILES string of the molecule is CSCC[C@@H](NC(=O)c1csc(N)n1)c1nc2ccccc2[nH]1. The van der Waals surface area contributed by atoms with Crippen molar-refractivity contribution in [3.63, 3.8) is 0 Å². The van der Waals surface area contributed by atoms with Crippen molar-refractivity contribution in [2.45, 2.75) is 12.5 Å². The van der Waals surface area contributed by atoms with Crippen molar-refractivity contribution in [3.05, 3.63) is 41.2 Å². The Morgan fingerprint density at radius 3 is 2.96 bits per heavy atom. The van der Waals surface area contributed by atoms with Gasteiger partial charge in [-0.05, 0) is 30.6 Å². The van der Waals surface area contributed by atoms with Crippen LogP contribution in [0.3, 0.4) is 0 Å². The number of para-hydroxylation sites is 2. The number of imidazole rings is 1. The Bertz CT molecular complexity index is 780. The molecule has 2 heterocycles. The van der Waals surface area contributed by atoms with Gasteiger partial charge in [-0.1, -0.05) is 12.1 Å². The molecule has 6 nitrogen and oxygen atoms in total. The number of nitrogen functional groups attached to an aromatic ring is 1. The summed E-state index contributed by atoms with van der Waals surface area (Å²) in [6.45, 7) is 0. The van der Waals surface area contributed by atoms with Crippen LogP contribution in [0.1, 0.15) is 28.8 Å². The van der Waals surface area contributed by atoms with Gasteiger partial charge in [0, 0.05) is 5.38 Å². The molecule has 0 fully saturated rings. The molecule has 0 bridgehead atoms. The number of anilines is 1. The number of rotatable bonds is 6. The van der Waals surface area contributed by atoms with Gasteiger partial charge in [0.25, 0.3) is 5.91 Å². The lowest BCUT2D eigenvalue weighted by Gasteiger charge is -2.15. The Labute approximate surface area is 141 Å². The van der Waals surface area contributed by atoms with E-state index >= 15 is 0 Å². The first-order valence-corrected chi connectivity index (χ1v) is 9.40. The van der Waals surface area contributed by atoms with Crippen molar-refractivity contribution in [1.82, 2.24) is 20.3 Å². The average Bonchev–Trinajstić information content (AvgIpc) is 3.17. The van der Waals surface area contributed by atoms with E-state index in [9.17, 15) is 4.79 Å². The van der Waals surface area contributed by atoms with Gasteiger partial charge >= 0.3 is 0 Å². The molecule has 0 spiro atoms. The smallest absolute Gasteiger partial charge is 0.271 e. The molecule has 1 aromatic carbocycles. The summed E-state index contributed by atoms with van der Waals surface area (Å²) >= 11 is 2.99. The molecule has 3 aromatic rings. The normalized spacial score (nSPS) is 12.4. The van der Waals surface area contributed by atoms with E-state index in [1.54, 1.807) is 17.1 Å². The van der Waals surface area contributed by atoms with Crippen molar-refractivity contribution < 1.29 is 4.79 Å². The molecule has 0 aliphatic carbocycles. The summed E-state index contributed by atoms with van der Waals surface area (Å²) in [4.78, 5) is 24.3. The number of benzene rings is 1. The van der Waals surface area contributed by atoms with Gasteiger partial charge in [-0.3, -0.25) is 4.79 Å². The Morgan fingerprint density at radius 1 is 1.43 bits per heavy atom. The number of H-pyrrole nitrogens is 1. The minimum Gasteiger partial charge on any atom is -0.375 e. The summed E-state index contributed by atoms with van der Waals surface area (Å²) in [6.07, 6.45) is 2.82. The highest BCUT2D eigenvalue weighted by atomic mass is 32.2. The third-order valence-corrected chi connectivity index (χ3v) is 4.73. The van der Waals surface area contributed by atoms with Crippen molar-refractivity contribution in [3.8, 4) is 0 Å². The summed E-state index contributed by atoms with van der Waals surface area (Å²) < 4.78 is 0. The van der Waals surface area contributed by atoms with Gasteiger partial charge in [0.05, 0.1) is 17.1 Å². The Balaban J connectivity index is 1.83. The average molecular weight is 347 g/mol. The van der Waals surface area contributed by atoms with Crippen LogP contribution >= 0.6 is 23.1 Å². The van der Waals surface area contributed by atoms with Gasteiger partial charge in [0.15, 0.2) is 5.13 Å². The maximum Gasteiger partial charge on any atom is 0.271 e. The molecule has 4 N–H and O–H groups in total. The zero-order chi connectivity index (χ0) is 16.2. The fraction of sp³-hybridized carbons (Fsp3) is 0.267. The first-order valence-electron chi connectivity index (χ1n) is 7.13. The number of carbonyl (C=O) groups is 1. The standard InChI is InChI=1S/C15H17N5OS2/c1-22-7-6-11(19-14(21)12-8-23-15(16)20-12)13-17-9-4-2-3-5-10(9)18-13/h2-5,8,11H,6-7H2,1H3,(H2,16,20)(H,17,18)(H,19,21)/t11-/m1/s1. The molecule has 1 atom stereocenters. The number of nitrogens with two attached hydrogens (primary N) is 1. The van der Waals surface area contributed by atoms with Crippen LogP contribution in [0.25, 0.3) is 11.0 Å². The van der Waals surface area contributed by atoms with Gasteiger partial charge in [0.2, 0.25) is 0 Å². The minimum atomic E-state index is -0.232. The third-order valence-electron chi connectivity index (χ3n) is 3.41. The monoisotopic (exact) mass is 347 g/mol. The minimum absolute atomic E-state index is 0.190. The second-order valence-electron chi connectivity index (χ2n) is 5.02. The number of thioether (sulfide) groups is 1. The van der Waals surface area contributed by atoms with Gasteiger partial charge in [0.1, 0.15) is 11.5 Å². The summed E-state index contributed by atoms with van der Waals surface area (Å²) in [7, 11) is 0. The van der Waals surface area contributed by atoms with Crippen molar-refractivity contribution >= 4 is 45.2 Å². The highest BCUT2D eigenvalue weighted by molar-refractivity contribution is 7.98. The highest BCUT2D eigenvalue weighted by Gasteiger charge is 2.20. The predicted octanol–water partition coefficient (Wildman–Crippen LogP) is 2.83. The van der Waals surface area contributed by atoms with Crippen molar-refractivity contribution in [2.75, 3.05) is 17.7 Å². The summed E-state index contributed by atoms with van der Waals surface area (Å²) in [5.41, 5.74) is 7.79. The van der Waals surface area contributed by atoms with Crippen LogP contribution < -0.4 is 11.1 Å². The topological polar surface area (TPSA) is 96.7 Å². The number of aromatic nitrogens is 3. The van der Waals surface area contributed by atoms with Gasteiger partial charge < -0.3 is 16.0 Å². The van der Waals surface area contributed by atoms with E-state index in [1.165, 1.54) is 11.3 Å². The Hall–Kier alpha value is -2.06. The maximum atomic E-state index is 12.3. The number of thiazole rings is 1. The molecule has 0 aliphatic rings. The predicted molar refractivity (Wildman–Crippen MR) is 95.8 cm³/mol. The maximum absolute atomic E-state index is 12.3. The molecule has 3 rings (SSSR count). The van der Waals surface area contributed by atoms with Crippen LogP contribution in [0, 0.1) is 0 Å². The number of carbonyl (C=O) groups excluding carboxylic acids is 1. The number of hydrogen-bond acceptors (Lipinski definition) is 6. The zero-order valence-corrected chi connectivity index (χ0v) is 14.2. The molecule has 0 saturated carbocycles. The summed E-state index contributed by atoms with van der Waals surface area (Å²) in [6, 6.07) is 7.63. The quantitative estimate of drug-likeness (QED) is 0.637. The van der Waals surface area contributed by atoms with E-state index < -0.39 is 0 Å².